The Morgan fingerprint density at radius 3 is 2.07 bits per heavy atom. The maximum absolute atomic E-state index is 13.7. The van der Waals surface area contributed by atoms with Crippen LogP contribution in [-0.4, -0.2) is 46.0 Å². The van der Waals surface area contributed by atoms with Crippen LogP contribution < -0.4 is 5.32 Å². The predicted octanol–water partition coefficient (Wildman–Crippen LogP) is 5.33. The van der Waals surface area contributed by atoms with Gasteiger partial charge >= 0.3 is 12.1 Å². The van der Waals surface area contributed by atoms with Crippen LogP contribution in [0.5, 0.6) is 0 Å². The summed E-state index contributed by atoms with van der Waals surface area (Å²) in [6.07, 6.45) is -4.59. The zero-order valence-corrected chi connectivity index (χ0v) is 22.4. The Labute approximate surface area is 238 Å². The number of rotatable bonds is 8. The minimum absolute atomic E-state index is 0.0101. The van der Waals surface area contributed by atoms with E-state index in [-0.39, 0.29) is 35.4 Å². The van der Waals surface area contributed by atoms with E-state index in [2.05, 4.69) is 5.32 Å². The van der Waals surface area contributed by atoms with Crippen LogP contribution in [0.2, 0.25) is 0 Å². The van der Waals surface area contributed by atoms with Crippen molar-refractivity contribution < 1.29 is 32.3 Å². The fourth-order valence-electron chi connectivity index (χ4n) is 4.71. The lowest BCUT2D eigenvalue weighted by Crippen LogP contribution is -2.70. The van der Waals surface area contributed by atoms with Gasteiger partial charge in [-0.15, -0.1) is 11.8 Å². The lowest BCUT2D eigenvalue weighted by Gasteiger charge is -2.49. The summed E-state index contributed by atoms with van der Waals surface area (Å²) in [6.45, 7) is 0. The first-order valence-corrected chi connectivity index (χ1v) is 13.8. The Morgan fingerprint density at radius 1 is 0.951 bits per heavy atom. The molecule has 0 spiro atoms. The molecule has 210 valence electrons. The van der Waals surface area contributed by atoms with E-state index in [1.54, 1.807) is 72.8 Å². The topological polar surface area (TPSA) is 75.7 Å². The van der Waals surface area contributed by atoms with E-state index >= 15 is 0 Å². The molecule has 2 atom stereocenters. The van der Waals surface area contributed by atoms with Crippen LogP contribution >= 0.6 is 11.8 Å². The van der Waals surface area contributed by atoms with Crippen molar-refractivity contribution in [2.24, 2.45) is 0 Å². The summed E-state index contributed by atoms with van der Waals surface area (Å²) in [5, 5.41) is 2.05. The number of thioether (sulfide) groups is 1. The largest absolute Gasteiger partial charge is 0.448 e. The Hall–Kier alpha value is -4.31. The number of fused-ring (bicyclic) bond motifs is 1. The smallest absolute Gasteiger partial charge is 0.409 e. The number of halogens is 3. The summed E-state index contributed by atoms with van der Waals surface area (Å²) in [7, 11) is 0. The second kappa shape index (κ2) is 12.1. The molecule has 1 unspecified atom stereocenters. The van der Waals surface area contributed by atoms with E-state index in [0.29, 0.717) is 11.1 Å². The minimum atomic E-state index is -4.62. The first kappa shape index (κ1) is 28.2. The molecule has 0 bridgehead atoms. The van der Waals surface area contributed by atoms with E-state index in [1.807, 2.05) is 18.2 Å². The average molecular weight is 579 g/mol. The number of carbonyl (C=O) groups is 3. The lowest BCUT2D eigenvalue weighted by atomic mass is 10.00. The fourth-order valence-corrected chi connectivity index (χ4v) is 6.03. The van der Waals surface area contributed by atoms with Crippen molar-refractivity contribution in [3.05, 3.63) is 131 Å². The van der Waals surface area contributed by atoms with E-state index < -0.39 is 35.6 Å². The minimum Gasteiger partial charge on any atom is -0.448 e. The molecule has 0 aliphatic carbocycles. The van der Waals surface area contributed by atoms with E-state index in [0.717, 1.165) is 16.5 Å². The van der Waals surface area contributed by atoms with Gasteiger partial charge in [0.25, 0.3) is 5.91 Å². The standard InChI is InChI=1S/C31H25F3N2O4S/c32-31(33,34)17-16-23-19-41-29-25(35-24(37)18-20-10-4-1-5-11-20)28(38)36(29)26(23)30(39)40-27(21-12-6-2-7-13-21)22-14-8-3-9-15-22/h1-17,25,27,29H,18-19H2,(H,35,37)/t25?,29-/m1/s1. The summed E-state index contributed by atoms with van der Waals surface area (Å²) in [4.78, 5) is 40.8. The first-order chi connectivity index (χ1) is 19.7. The molecular formula is C31H25F3N2O4S. The molecule has 2 aliphatic rings. The highest BCUT2D eigenvalue weighted by molar-refractivity contribution is 8.00. The van der Waals surface area contributed by atoms with Crippen molar-refractivity contribution in [3.8, 4) is 0 Å². The lowest BCUT2D eigenvalue weighted by molar-refractivity contribution is -0.154. The molecule has 1 N–H and O–H groups in total. The van der Waals surface area contributed by atoms with Crippen LogP contribution in [0.1, 0.15) is 22.8 Å². The number of carbonyl (C=O) groups excluding carboxylic acids is 3. The van der Waals surface area contributed by atoms with Crippen LogP contribution in [0.15, 0.2) is 114 Å². The second-order valence-corrected chi connectivity index (χ2v) is 10.6. The van der Waals surface area contributed by atoms with Crippen LogP contribution in [0.3, 0.4) is 0 Å². The molecule has 3 aromatic rings. The van der Waals surface area contributed by atoms with Crippen LogP contribution in [0.25, 0.3) is 0 Å². The molecule has 2 aliphatic heterocycles. The summed E-state index contributed by atoms with van der Waals surface area (Å²) in [5.74, 6) is -1.89. The monoisotopic (exact) mass is 578 g/mol. The average Bonchev–Trinajstić information content (AvgIpc) is 2.98. The van der Waals surface area contributed by atoms with Crippen molar-refractivity contribution in [1.29, 1.82) is 0 Å². The van der Waals surface area contributed by atoms with Gasteiger partial charge in [0.1, 0.15) is 17.1 Å². The number of hydrogen-bond donors (Lipinski definition) is 1. The van der Waals surface area contributed by atoms with Gasteiger partial charge in [-0.1, -0.05) is 97.1 Å². The molecule has 5 rings (SSSR count). The van der Waals surface area contributed by atoms with Crippen LogP contribution in [-0.2, 0) is 25.5 Å². The molecule has 3 aromatic carbocycles. The molecular weight excluding hydrogens is 553 g/mol. The number of nitrogens with one attached hydrogen (secondary N) is 1. The van der Waals surface area contributed by atoms with Crippen molar-refractivity contribution in [2.45, 2.75) is 30.1 Å². The van der Waals surface area contributed by atoms with Crippen molar-refractivity contribution in [1.82, 2.24) is 10.2 Å². The number of amides is 2. The van der Waals surface area contributed by atoms with Gasteiger partial charge in [0.05, 0.1) is 6.42 Å². The van der Waals surface area contributed by atoms with Gasteiger partial charge < -0.3 is 10.1 Å². The Kier molecular flexibility index (Phi) is 8.30. The molecule has 41 heavy (non-hydrogen) atoms. The van der Waals surface area contributed by atoms with Gasteiger partial charge in [-0.25, -0.2) is 4.79 Å². The van der Waals surface area contributed by atoms with Gasteiger partial charge in [-0.05, 0) is 22.3 Å². The van der Waals surface area contributed by atoms with Gasteiger partial charge in [-0.2, -0.15) is 13.2 Å². The molecule has 2 amide bonds. The number of nitrogens with zero attached hydrogens (tertiary/aromatic N) is 1. The predicted molar refractivity (Wildman–Crippen MR) is 148 cm³/mol. The first-order valence-electron chi connectivity index (χ1n) is 12.8. The molecule has 10 heteroatoms. The Balaban J connectivity index is 1.42. The normalized spacial score (nSPS) is 18.7. The SMILES string of the molecule is O=C(Cc1ccccc1)NC1C(=O)N2C(C(=O)OC(c3ccccc3)c3ccccc3)=C(C=CC(F)(F)F)CS[C@H]12. The number of ether oxygens (including phenoxy) is 1. The Morgan fingerprint density at radius 2 is 1.51 bits per heavy atom. The molecule has 1 saturated heterocycles. The van der Waals surface area contributed by atoms with E-state index in [9.17, 15) is 27.6 Å². The third-order valence-electron chi connectivity index (χ3n) is 6.62. The number of alkyl halides is 3. The zero-order valence-electron chi connectivity index (χ0n) is 21.6. The molecule has 0 saturated carbocycles. The van der Waals surface area contributed by atoms with Crippen LogP contribution in [0, 0.1) is 0 Å². The zero-order chi connectivity index (χ0) is 29.0. The Bertz CT molecular complexity index is 1440. The highest BCUT2D eigenvalue weighted by Crippen LogP contribution is 2.42. The van der Waals surface area contributed by atoms with Gasteiger partial charge in [0.2, 0.25) is 5.91 Å². The summed E-state index contributed by atoms with van der Waals surface area (Å²) < 4.78 is 45.2. The summed E-state index contributed by atoms with van der Waals surface area (Å²) in [5.41, 5.74) is 1.83. The fraction of sp³-hybridized carbons (Fsp3) is 0.194. The highest BCUT2D eigenvalue weighted by atomic mass is 32.2. The molecule has 0 radical (unpaired) electrons. The molecule has 1 fully saturated rings. The van der Waals surface area contributed by atoms with Gasteiger partial charge in [0.15, 0.2) is 6.10 Å². The maximum Gasteiger partial charge on any atom is 0.409 e. The number of hydrogen-bond acceptors (Lipinski definition) is 5. The molecule has 2 heterocycles. The van der Waals surface area contributed by atoms with Crippen molar-refractivity contribution in [3.63, 3.8) is 0 Å². The van der Waals surface area contributed by atoms with Crippen LogP contribution in [0.4, 0.5) is 13.2 Å². The van der Waals surface area contributed by atoms with Crippen molar-refractivity contribution in [2.75, 3.05) is 5.75 Å². The quantitative estimate of drug-likeness (QED) is 0.289. The van der Waals surface area contributed by atoms with Crippen molar-refractivity contribution >= 4 is 29.5 Å². The number of β-lactam (4-membered cyclic amide) rings is 1. The summed E-state index contributed by atoms with van der Waals surface area (Å²) in [6, 6.07) is 25.9. The van der Waals surface area contributed by atoms with Gasteiger partial charge in [-0.3, -0.25) is 14.5 Å². The third kappa shape index (κ3) is 6.54. The molecule has 0 aromatic heterocycles. The van der Waals surface area contributed by atoms with E-state index in [4.69, 9.17) is 4.74 Å². The second-order valence-electron chi connectivity index (χ2n) is 9.47. The number of allylic oxidation sites excluding steroid dienone is 2. The van der Waals surface area contributed by atoms with Gasteiger partial charge in [0, 0.05) is 11.8 Å². The maximum atomic E-state index is 13.7. The van der Waals surface area contributed by atoms with E-state index in [1.165, 1.54) is 11.8 Å². The molecule has 6 nitrogen and oxygen atoms in total. The summed E-state index contributed by atoms with van der Waals surface area (Å²) >= 11 is 1.17. The number of esters is 1. The number of benzene rings is 3. The third-order valence-corrected chi connectivity index (χ3v) is 7.92. The highest BCUT2D eigenvalue weighted by Gasteiger charge is 2.54.